The highest BCUT2D eigenvalue weighted by molar-refractivity contribution is 5.90. The molecule has 1 N–H and O–H groups in total. The van der Waals surface area contributed by atoms with E-state index >= 15 is 0 Å². The number of halogens is 3. The molecule has 0 bridgehead atoms. The van der Waals surface area contributed by atoms with E-state index in [1.54, 1.807) is 30.5 Å². The van der Waals surface area contributed by atoms with Crippen molar-refractivity contribution >= 4 is 16.7 Å². The Kier molecular flexibility index (Phi) is 6.97. The number of alkyl halides is 3. The first-order valence-corrected chi connectivity index (χ1v) is 12.3. The third-order valence-corrected chi connectivity index (χ3v) is 6.68. The van der Waals surface area contributed by atoms with Gasteiger partial charge in [-0.1, -0.05) is 91.0 Å². The molecule has 6 heteroatoms. The molecule has 0 spiro atoms. The Hall–Kier alpha value is -4.45. The predicted octanol–water partition coefficient (Wildman–Crippen LogP) is 7.10. The number of carbonyl (C=O) groups excluding carboxylic acids is 1. The Labute approximate surface area is 219 Å². The average molecular weight is 511 g/mol. The molecular weight excluding hydrogens is 485 g/mol. The second-order valence-corrected chi connectivity index (χ2v) is 9.22. The van der Waals surface area contributed by atoms with Gasteiger partial charge in [0.1, 0.15) is 5.54 Å². The number of hydrogen-bond acceptors (Lipinski definition) is 2. The lowest BCUT2D eigenvalue weighted by Gasteiger charge is -2.36. The van der Waals surface area contributed by atoms with Crippen molar-refractivity contribution in [2.45, 2.75) is 24.6 Å². The Bertz CT molecular complexity index is 1550. The zero-order valence-corrected chi connectivity index (χ0v) is 20.5. The Morgan fingerprint density at radius 2 is 1.42 bits per heavy atom. The van der Waals surface area contributed by atoms with E-state index in [0.29, 0.717) is 11.3 Å². The first kappa shape index (κ1) is 25.2. The topological polar surface area (TPSA) is 42.0 Å². The van der Waals surface area contributed by atoms with Crippen molar-refractivity contribution < 1.29 is 18.0 Å². The fourth-order valence-electron chi connectivity index (χ4n) is 4.90. The summed E-state index contributed by atoms with van der Waals surface area (Å²) in [5.74, 6) is -0.319. The summed E-state index contributed by atoms with van der Waals surface area (Å²) in [6.07, 6.45) is -2.68. The number of carbonyl (C=O) groups is 1. The molecule has 0 radical (unpaired) electrons. The summed E-state index contributed by atoms with van der Waals surface area (Å²) in [4.78, 5) is 18.3. The van der Waals surface area contributed by atoms with Gasteiger partial charge in [0, 0.05) is 12.6 Å². The van der Waals surface area contributed by atoms with E-state index in [2.05, 4.69) is 10.3 Å². The van der Waals surface area contributed by atoms with Crippen molar-refractivity contribution in [3.8, 4) is 0 Å². The van der Waals surface area contributed by atoms with Crippen LogP contribution < -0.4 is 5.32 Å². The maximum atomic E-state index is 13.8. The standard InChI is InChI=1S/C32H25F3N2O/c33-32(34,35)27-16-9-15-26(21-27)31(29-18-6-7-19-36-29,22-23-10-2-1-3-11-23)37-30(38)20-25-14-8-13-24-12-4-5-17-28(24)25/h1-19,21H,20,22H2,(H,37,38). The van der Waals surface area contributed by atoms with Crippen molar-refractivity contribution in [1.29, 1.82) is 0 Å². The molecule has 5 aromatic rings. The number of rotatable bonds is 7. The molecule has 1 unspecified atom stereocenters. The second kappa shape index (κ2) is 10.5. The maximum absolute atomic E-state index is 13.8. The van der Waals surface area contributed by atoms with Crippen molar-refractivity contribution in [3.63, 3.8) is 0 Å². The molecule has 0 aliphatic rings. The van der Waals surface area contributed by atoms with E-state index in [-0.39, 0.29) is 18.7 Å². The molecule has 1 heterocycles. The number of amides is 1. The zero-order chi connectivity index (χ0) is 26.6. The van der Waals surface area contributed by atoms with E-state index in [1.165, 1.54) is 6.07 Å². The van der Waals surface area contributed by atoms with Crippen LogP contribution in [0.1, 0.15) is 27.9 Å². The van der Waals surface area contributed by atoms with Gasteiger partial charge >= 0.3 is 6.18 Å². The lowest BCUT2D eigenvalue weighted by atomic mass is 9.79. The summed E-state index contributed by atoms with van der Waals surface area (Å²) in [6.45, 7) is 0. The minimum atomic E-state index is -4.54. The molecule has 4 aromatic carbocycles. The highest BCUT2D eigenvalue weighted by atomic mass is 19.4. The van der Waals surface area contributed by atoms with Gasteiger partial charge in [-0.3, -0.25) is 9.78 Å². The summed E-state index contributed by atoms with van der Waals surface area (Å²) in [5, 5.41) is 5.10. The van der Waals surface area contributed by atoms with Crippen LogP contribution in [0.5, 0.6) is 0 Å². The highest BCUT2D eigenvalue weighted by Crippen LogP contribution is 2.37. The smallest absolute Gasteiger partial charge is 0.340 e. The van der Waals surface area contributed by atoms with Crippen LogP contribution in [0, 0.1) is 0 Å². The van der Waals surface area contributed by atoms with Gasteiger partial charge in [-0.2, -0.15) is 13.2 Å². The molecule has 1 atom stereocenters. The molecular formula is C32H25F3N2O. The first-order chi connectivity index (χ1) is 18.3. The molecule has 0 aliphatic heterocycles. The minimum Gasteiger partial charge on any atom is -0.340 e. The fraction of sp³-hybridized carbons (Fsp3) is 0.125. The molecule has 5 rings (SSSR count). The number of nitrogens with one attached hydrogen (secondary N) is 1. The quantitative estimate of drug-likeness (QED) is 0.254. The molecule has 1 amide bonds. The molecule has 38 heavy (non-hydrogen) atoms. The van der Waals surface area contributed by atoms with Crippen molar-refractivity contribution in [2.24, 2.45) is 0 Å². The van der Waals surface area contributed by atoms with Gasteiger partial charge in [0.2, 0.25) is 5.91 Å². The van der Waals surface area contributed by atoms with Gasteiger partial charge in [0.25, 0.3) is 0 Å². The van der Waals surface area contributed by atoms with Crippen LogP contribution in [0.2, 0.25) is 0 Å². The van der Waals surface area contributed by atoms with Gasteiger partial charge in [0.05, 0.1) is 17.7 Å². The lowest BCUT2D eigenvalue weighted by molar-refractivity contribution is -0.137. The van der Waals surface area contributed by atoms with E-state index in [0.717, 1.165) is 34.0 Å². The number of benzene rings is 4. The average Bonchev–Trinajstić information content (AvgIpc) is 2.93. The normalized spacial score (nSPS) is 13.1. The van der Waals surface area contributed by atoms with Gasteiger partial charge in [-0.25, -0.2) is 0 Å². The Balaban J connectivity index is 1.63. The van der Waals surface area contributed by atoms with Crippen LogP contribution in [0.25, 0.3) is 10.8 Å². The van der Waals surface area contributed by atoms with Crippen molar-refractivity contribution in [2.75, 3.05) is 0 Å². The van der Waals surface area contributed by atoms with Gasteiger partial charge in [-0.15, -0.1) is 0 Å². The number of pyridine rings is 1. The largest absolute Gasteiger partial charge is 0.416 e. The molecule has 3 nitrogen and oxygen atoms in total. The molecule has 1 aromatic heterocycles. The molecule has 0 saturated carbocycles. The third-order valence-electron chi connectivity index (χ3n) is 6.68. The molecule has 190 valence electrons. The van der Waals surface area contributed by atoms with Crippen LogP contribution in [0.3, 0.4) is 0 Å². The summed E-state index contributed by atoms with van der Waals surface area (Å²) >= 11 is 0. The SMILES string of the molecule is O=C(Cc1cccc2ccccc12)NC(Cc1ccccc1)(c1cccc(C(F)(F)F)c1)c1ccccn1. The van der Waals surface area contributed by atoms with Crippen LogP contribution in [-0.2, 0) is 29.4 Å². The number of nitrogens with zero attached hydrogens (tertiary/aromatic N) is 1. The van der Waals surface area contributed by atoms with E-state index in [4.69, 9.17) is 0 Å². The fourth-order valence-corrected chi connectivity index (χ4v) is 4.90. The van der Waals surface area contributed by atoms with Crippen molar-refractivity contribution in [1.82, 2.24) is 10.3 Å². The van der Waals surface area contributed by atoms with Crippen molar-refractivity contribution in [3.05, 3.63) is 149 Å². The summed E-state index contributed by atoms with van der Waals surface area (Å²) in [5.41, 5.74) is 0.313. The summed E-state index contributed by atoms with van der Waals surface area (Å²) in [6, 6.07) is 33.3. The Morgan fingerprint density at radius 1 is 0.737 bits per heavy atom. The van der Waals surface area contributed by atoms with Gasteiger partial charge < -0.3 is 5.32 Å². The summed E-state index contributed by atoms with van der Waals surface area (Å²) in [7, 11) is 0. The lowest BCUT2D eigenvalue weighted by Crippen LogP contribution is -2.49. The van der Waals surface area contributed by atoms with Gasteiger partial charge in [-0.05, 0) is 51.7 Å². The van der Waals surface area contributed by atoms with Crippen LogP contribution in [-0.4, -0.2) is 10.9 Å². The maximum Gasteiger partial charge on any atom is 0.416 e. The highest BCUT2D eigenvalue weighted by Gasteiger charge is 2.40. The monoisotopic (exact) mass is 510 g/mol. The number of hydrogen-bond donors (Lipinski definition) is 1. The molecule has 0 saturated heterocycles. The van der Waals surface area contributed by atoms with E-state index in [1.807, 2.05) is 72.8 Å². The zero-order valence-electron chi connectivity index (χ0n) is 20.5. The van der Waals surface area contributed by atoms with Crippen LogP contribution >= 0.6 is 0 Å². The number of aromatic nitrogens is 1. The number of fused-ring (bicyclic) bond motifs is 1. The van der Waals surface area contributed by atoms with Crippen LogP contribution in [0.15, 0.2) is 121 Å². The van der Waals surface area contributed by atoms with Gasteiger partial charge in [0.15, 0.2) is 0 Å². The van der Waals surface area contributed by atoms with E-state index in [9.17, 15) is 18.0 Å². The second-order valence-electron chi connectivity index (χ2n) is 9.22. The third kappa shape index (κ3) is 5.30. The molecule has 0 fully saturated rings. The Morgan fingerprint density at radius 3 is 2.18 bits per heavy atom. The van der Waals surface area contributed by atoms with E-state index < -0.39 is 17.3 Å². The summed E-state index contributed by atoms with van der Waals surface area (Å²) < 4.78 is 41.3. The minimum absolute atomic E-state index is 0.0592. The predicted molar refractivity (Wildman–Crippen MR) is 142 cm³/mol. The molecule has 0 aliphatic carbocycles. The van der Waals surface area contributed by atoms with Crippen LogP contribution in [0.4, 0.5) is 13.2 Å². The first-order valence-electron chi connectivity index (χ1n) is 12.3.